The number of ether oxygens (including phenoxy) is 1. The summed E-state index contributed by atoms with van der Waals surface area (Å²) in [7, 11) is 1.57. The molecule has 1 fully saturated rings. The molecule has 1 amide bonds. The lowest BCUT2D eigenvalue weighted by Crippen LogP contribution is -2.45. The van der Waals surface area contributed by atoms with Crippen LogP contribution >= 0.6 is 0 Å². The summed E-state index contributed by atoms with van der Waals surface area (Å²) in [6.45, 7) is 3.01. The summed E-state index contributed by atoms with van der Waals surface area (Å²) in [5.74, 6) is 0.651. The monoisotopic (exact) mass is 229 g/mol. The first kappa shape index (κ1) is 13.5. The van der Waals surface area contributed by atoms with Gasteiger partial charge in [-0.2, -0.15) is 0 Å². The van der Waals surface area contributed by atoms with Gasteiger partial charge in [0, 0.05) is 20.1 Å². The summed E-state index contributed by atoms with van der Waals surface area (Å²) in [5, 5.41) is 13.0. The van der Waals surface area contributed by atoms with Crippen molar-refractivity contribution in [2.45, 2.75) is 44.6 Å². The second-order valence-electron chi connectivity index (χ2n) is 4.93. The van der Waals surface area contributed by atoms with Crippen LogP contribution in [-0.2, 0) is 9.53 Å². The molecular weight excluding hydrogens is 206 g/mol. The van der Waals surface area contributed by atoms with Crippen molar-refractivity contribution in [3.05, 3.63) is 0 Å². The number of hydrogen-bond acceptors (Lipinski definition) is 3. The Morgan fingerprint density at radius 1 is 1.50 bits per heavy atom. The Labute approximate surface area is 97.4 Å². The SMILES string of the molecule is COCCC(=O)NCC1(O)CCC(C)CC1. The molecular formula is C12H23NO3. The maximum Gasteiger partial charge on any atom is 0.222 e. The fraction of sp³-hybridized carbons (Fsp3) is 0.917. The fourth-order valence-corrected chi connectivity index (χ4v) is 2.02. The predicted molar refractivity (Wildman–Crippen MR) is 62.1 cm³/mol. The Balaban J connectivity index is 2.23. The van der Waals surface area contributed by atoms with E-state index in [0.29, 0.717) is 25.5 Å². The highest BCUT2D eigenvalue weighted by Crippen LogP contribution is 2.31. The van der Waals surface area contributed by atoms with Gasteiger partial charge < -0.3 is 15.2 Å². The summed E-state index contributed by atoms with van der Waals surface area (Å²) in [6, 6.07) is 0. The topological polar surface area (TPSA) is 58.6 Å². The molecule has 0 aliphatic heterocycles. The van der Waals surface area contributed by atoms with Crippen LogP contribution in [0.25, 0.3) is 0 Å². The van der Waals surface area contributed by atoms with E-state index in [0.717, 1.165) is 25.7 Å². The van der Waals surface area contributed by atoms with Crippen molar-refractivity contribution in [1.29, 1.82) is 0 Å². The van der Waals surface area contributed by atoms with E-state index < -0.39 is 5.60 Å². The fourth-order valence-electron chi connectivity index (χ4n) is 2.02. The van der Waals surface area contributed by atoms with E-state index in [1.54, 1.807) is 7.11 Å². The first-order valence-corrected chi connectivity index (χ1v) is 6.04. The summed E-state index contributed by atoms with van der Waals surface area (Å²) < 4.78 is 4.82. The molecule has 0 radical (unpaired) electrons. The predicted octanol–water partition coefficient (Wildman–Crippen LogP) is 1.08. The van der Waals surface area contributed by atoms with E-state index in [9.17, 15) is 9.90 Å². The van der Waals surface area contributed by atoms with Crippen molar-refractivity contribution in [1.82, 2.24) is 5.32 Å². The van der Waals surface area contributed by atoms with Crippen LogP contribution in [0.3, 0.4) is 0 Å². The van der Waals surface area contributed by atoms with Gasteiger partial charge in [0.05, 0.1) is 12.2 Å². The van der Waals surface area contributed by atoms with E-state index >= 15 is 0 Å². The number of nitrogens with one attached hydrogen (secondary N) is 1. The van der Waals surface area contributed by atoms with Gasteiger partial charge in [-0.1, -0.05) is 6.92 Å². The van der Waals surface area contributed by atoms with Gasteiger partial charge in [-0.15, -0.1) is 0 Å². The molecule has 0 spiro atoms. The van der Waals surface area contributed by atoms with Crippen LogP contribution in [0.15, 0.2) is 0 Å². The quantitative estimate of drug-likeness (QED) is 0.741. The lowest BCUT2D eigenvalue weighted by Gasteiger charge is -2.34. The van der Waals surface area contributed by atoms with Crippen LogP contribution in [0.1, 0.15) is 39.0 Å². The first-order valence-electron chi connectivity index (χ1n) is 6.04. The minimum Gasteiger partial charge on any atom is -0.388 e. The minimum atomic E-state index is -0.685. The molecule has 94 valence electrons. The third kappa shape index (κ3) is 4.49. The van der Waals surface area contributed by atoms with Crippen LogP contribution in [0.2, 0.25) is 0 Å². The molecule has 4 nitrogen and oxygen atoms in total. The summed E-state index contributed by atoms with van der Waals surface area (Å²) in [6.07, 6.45) is 4.04. The van der Waals surface area contributed by atoms with Crippen LogP contribution in [0.5, 0.6) is 0 Å². The Morgan fingerprint density at radius 3 is 2.69 bits per heavy atom. The summed E-state index contributed by atoms with van der Waals surface area (Å²) in [4.78, 5) is 11.3. The van der Waals surface area contributed by atoms with Crippen LogP contribution in [-0.4, -0.2) is 36.9 Å². The van der Waals surface area contributed by atoms with E-state index in [4.69, 9.17) is 4.74 Å². The molecule has 0 aromatic heterocycles. The molecule has 0 heterocycles. The maximum atomic E-state index is 11.3. The molecule has 0 atom stereocenters. The highest BCUT2D eigenvalue weighted by Gasteiger charge is 2.31. The molecule has 2 N–H and O–H groups in total. The van der Waals surface area contributed by atoms with Crippen molar-refractivity contribution in [2.24, 2.45) is 5.92 Å². The van der Waals surface area contributed by atoms with Gasteiger partial charge in [0.25, 0.3) is 0 Å². The second-order valence-corrected chi connectivity index (χ2v) is 4.93. The third-order valence-corrected chi connectivity index (χ3v) is 3.35. The van der Waals surface area contributed by atoms with Gasteiger partial charge in [0.1, 0.15) is 0 Å². The van der Waals surface area contributed by atoms with E-state index in [1.165, 1.54) is 0 Å². The number of rotatable bonds is 5. The van der Waals surface area contributed by atoms with Crippen molar-refractivity contribution in [3.8, 4) is 0 Å². The van der Waals surface area contributed by atoms with Gasteiger partial charge in [-0.05, 0) is 31.6 Å². The molecule has 1 aliphatic carbocycles. The van der Waals surface area contributed by atoms with E-state index in [1.807, 2.05) is 0 Å². The molecule has 16 heavy (non-hydrogen) atoms. The summed E-state index contributed by atoms with van der Waals surface area (Å²) in [5.41, 5.74) is -0.685. The number of carbonyl (C=O) groups is 1. The average molecular weight is 229 g/mol. The third-order valence-electron chi connectivity index (χ3n) is 3.35. The highest BCUT2D eigenvalue weighted by molar-refractivity contribution is 5.76. The molecule has 0 unspecified atom stereocenters. The Morgan fingerprint density at radius 2 is 2.12 bits per heavy atom. The largest absolute Gasteiger partial charge is 0.388 e. The smallest absolute Gasteiger partial charge is 0.222 e. The van der Waals surface area contributed by atoms with Crippen molar-refractivity contribution in [2.75, 3.05) is 20.3 Å². The Kier molecular flexibility index (Phi) is 5.22. The van der Waals surface area contributed by atoms with E-state index in [2.05, 4.69) is 12.2 Å². The van der Waals surface area contributed by atoms with Crippen LogP contribution in [0.4, 0.5) is 0 Å². The van der Waals surface area contributed by atoms with Crippen molar-refractivity contribution >= 4 is 5.91 Å². The molecule has 0 bridgehead atoms. The number of hydrogen-bond donors (Lipinski definition) is 2. The molecule has 0 aromatic carbocycles. The number of carbonyl (C=O) groups excluding carboxylic acids is 1. The Hall–Kier alpha value is -0.610. The lowest BCUT2D eigenvalue weighted by molar-refractivity contribution is -0.123. The maximum absolute atomic E-state index is 11.3. The van der Waals surface area contributed by atoms with Gasteiger partial charge >= 0.3 is 0 Å². The molecule has 1 saturated carbocycles. The lowest BCUT2D eigenvalue weighted by atomic mass is 9.79. The van der Waals surface area contributed by atoms with Gasteiger partial charge in [0.2, 0.25) is 5.91 Å². The standard InChI is InChI=1S/C12H23NO3/c1-10-3-6-12(15,7-4-10)9-13-11(14)5-8-16-2/h10,15H,3-9H2,1-2H3,(H,13,14). The van der Waals surface area contributed by atoms with Crippen molar-refractivity contribution < 1.29 is 14.6 Å². The van der Waals surface area contributed by atoms with Crippen molar-refractivity contribution in [3.63, 3.8) is 0 Å². The molecule has 0 aromatic rings. The number of amides is 1. The van der Waals surface area contributed by atoms with Gasteiger partial charge in [-0.25, -0.2) is 0 Å². The van der Waals surface area contributed by atoms with Crippen LogP contribution in [0, 0.1) is 5.92 Å². The normalized spacial score (nSPS) is 30.1. The van der Waals surface area contributed by atoms with Crippen LogP contribution < -0.4 is 5.32 Å². The molecule has 1 aliphatic rings. The molecule has 0 saturated heterocycles. The molecule has 4 heteroatoms. The number of methoxy groups -OCH3 is 1. The van der Waals surface area contributed by atoms with Gasteiger partial charge in [-0.3, -0.25) is 4.79 Å². The Bertz CT molecular complexity index is 222. The highest BCUT2D eigenvalue weighted by atomic mass is 16.5. The molecule has 1 rings (SSSR count). The second kappa shape index (κ2) is 6.21. The first-order chi connectivity index (χ1) is 7.56. The zero-order chi connectivity index (χ0) is 12.0. The zero-order valence-corrected chi connectivity index (χ0v) is 10.3. The average Bonchev–Trinajstić information content (AvgIpc) is 2.28. The van der Waals surface area contributed by atoms with Gasteiger partial charge in [0.15, 0.2) is 0 Å². The summed E-state index contributed by atoms with van der Waals surface area (Å²) >= 11 is 0. The zero-order valence-electron chi connectivity index (χ0n) is 10.3. The number of aliphatic hydroxyl groups is 1. The van der Waals surface area contributed by atoms with E-state index in [-0.39, 0.29) is 5.91 Å². The minimum absolute atomic E-state index is 0.0473.